The average Bonchev–Trinajstić information content (AvgIpc) is 3.30. The van der Waals surface area contributed by atoms with Gasteiger partial charge in [-0.3, -0.25) is 0 Å². The van der Waals surface area contributed by atoms with Crippen molar-refractivity contribution < 1.29 is 8.78 Å². The van der Waals surface area contributed by atoms with Crippen molar-refractivity contribution in [3.8, 4) is 6.07 Å². The van der Waals surface area contributed by atoms with Crippen molar-refractivity contribution in [1.82, 2.24) is 14.5 Å². The standard InChI is InChI=1S/C20H17ClF2N6/c1-10(12-6-14(12)22)26-20-18-16(28(2)9-25-18)7-17(27-20)29(3)19-13(21)4-11(8-24)5-15(19)23/h4-5,7,9,12,14H,1,6H2,2-3H3,(H,26,27)/t12-,14-/m1/s1. The van der Waals surface area contributed by atoms with Gasteiger partial charge in [0.25, 0.3) is 0 Å². The first-order chi connectivity index (χ1) is 13.8. The molecule has 3 aromatic rings. The van der Waals surface area contributed by atoms with Gasteiger partial charge in [0.1, 0.15) is 23.3 Å². The van der Waals surface area contributed by atoms with Gasteiger partial charge in [-0.15, -0.1) is 0 Å². The van der Waals surface area contributed by atoms with E-state index in [0.29, 0.717) is 29.3 Å². The molecule has 0 bridgehead atoms. The van der Waals surface area contributed by atoms with Crippen molar-refractivity contribution >= 4 is 40.0 Å². The van der Waals surface area contributed by atoms with Crippen LogP contribution >= 0.6 is 11.6 Å². The molecule has 1 aromatic carbocycles. The van der Waals surface area contributed by atoms with Gasteiger partial charge in [-0.2, -0.15) is 5.26 Å². The van der Waals surface area contributed by atoms with E-state index in [9.17, 15) is 8.78 Å². The van der Waals surface area contributed by atoms with E-state index in [0.717, 1.165) is 11.6 Å². The molecule has 0 spiro atoms. The van der Waals surface area contributed by atoms with Crippen LogP contribution in [0.2, 0.25) is 5.02 Å². The fourth-order valence-corrected chi connectivity index (χ4v) is 3.54. The van der Waals surface area contributed by atoms with Crippen molar-refractivity contribution in [3.05, 3.63) is 53.2 Å². The number of rotatable bonds is 5. The monoisotopic (exact) mass is 414 g/mol. The molecule has 1 saturated carbocycles. The van der Waals surface area contributed by atoms with Gasteiger partial charge in [-0.05, 0) is 18.6 Å². The fourth-order valence-electron chi connectivity index (χ4n) is 3.21. The number of alkyl halides is 1. The number of aromatic nitrogens is 3. The maximum atomic E-state index is 14.6. The Morgan fingerprint density at radius 2 is 2.17 bits per heavy atom. The van der Waals surface area contributed by atoms with Crippen LogP contribution < -0.4 is 10.2 Å². The minimum Gasteiger partial charge on any atom is -0.342 e. The number of halogens is 3. The van der Waals surface area contributed by atoms with Crippen molar-refractivity contribution in [3.63, 3.8) is 0 Å². The molecule has 148 valence electrons. The average molecular weight is 415 g/mol. The Morgan fingerprint density at radius 1 is 1.45 bits per heavy atom. The zero-order chi connectivity index (χ0) is 20.9. The van der Waals surface area contributed by atoms with Crippen molar-refractivity contribution in [1.29, 1.82) is 5.26 Å². The Balaban J connectivity index is 1.79. The lowest BCUT2D eigenvalue weighted by Crippen LogP contribution is -2.15. The second kappa shape index (κ2) is 7.01. The lowest BCUT2D eigenvalue weighted by atomic mass is 10.2. The lowest BCUT2D eigenvalue weighted by molar-refractivity contribution is 0.459. The normalized spacial score (nSPS) is 17.8. The predicted octanol–water partition coefficient (Wildman–Crippen LogP) is 4.68. The van der Waals surface area contributed by atoms with Crippen LogP contribution in [0.5, 0.6) is 0 Å². The van der Waals surface area contributed by atoms with Crippen molar-refractivity contribution in [2.24, 2.45) is 13.0 Å². The van der Waals surface area contributed by atoms with Crippen LogP contribution in [0.3, 0.4) is 0 Å². The number of aryl methyl sites for hydroxylation is 1. The second-order valence-corrected chi connectivity index (χ2v) is 7.43. The van der Waals surface area contributed by atoms with Crippen LogP contribution in [0.1, 0.15) is 12.0 Å². The highest BCUT2D eigenvalue weighted by Gasteiger charge is 2.40. The molecule has 1 aliphatic carbocycles. The summed E-state index contributed by atoms with van der Waals surface area (Å²) >= 11 is 6.23. The Hall–Kier alpha value is -3.18. The summed E-state index contributed by atoms with van der Waals surface area (Å²) in [6, 6.07) is 6.14. The topological polar surface area (TPSA) is 69.8 Å². The molecule has 0 aliphatic heterocycles. The van der Waals surface area contributed by atoms with Gasteiger partial charge in [-0.25, -0.2) is 18.7 Å². The SMILES string of the molecule is C=C(Nc1nc(N(C)c2c(F)cc(C#N)cc2Cl)cc2c1ncn2C)[C@H]1C[C@H]1F. The van der Waals surface area contributed by atoms with Crippen LogP contribution in [-0.4, -0.2) is 27.8 Å². The van der Waals surface area contributed by atoms with Gasteiger partial charge in [0, 0.05) is 31.8 Å². The maximum absolute atomic E-state index is 14.6. The van der Waals surface area contributed by atoms with Crippen molar-refractivity contribution in [2.45, 2.75) is 12.6 Å². The molecule has 4 rings (SSSR count). The lowest BCUT2D eigenvalue weighted by Gasteiger charge is -2.22. The molecule has 6 nitrogen and oxygen atoms in total. The number of anilines is 3. The third kappa shape index (κ3) is 3.38. The third-order valence-electron chi connectivity index (χ3n) is 4.96. The molecule has 29 heavy (non-hydrogen) atoms. The van der Waals surface area contributed by atoms with Crippen LogP contribution in [0.4, 0.5) is 26.1 Å². The summed E-state index contributed by atoms with van der Waals surface area (Å²) in [6.07, 6.45) is 1.17. The van der Waals surface area contributed by atoms with E-state index in [1.807, 2.05) is 13.1 Å². The maximum Gasteiger partial charge on any atom is 0.160 e. The molecule has 0 amide bonds. The summed E-state index contributed by atoms with van der Waals surface area (Å²) in [5.41, 5.74) is 2.08. The molecule has 2 atom stereocenters. The summed E-state index contributed by atoms with van der Waals surface area (Å²) in [4.78, 5) is 10.4. The number of hydrogen-bond donors (Lipinski definition) is 1. The molecule has 0 unspecified atom stereocenters. The third-order valence-corrected chi connectivity index (χ3v) is 5.25. The smallest absolute Gasteiger partial charge is 0.160 e. The number of hydrogen-bond acceptors (Lipinski definition) is 5. The first kappa shape index (κ1) is 19.2. The summed E-state index contributed by atoms with van der Waals surface area (Å²) in [6.45, 7) is 3.90. The Morgan fingerprint density at radius 3 is 2.79 bits per heavy atom. The largest absolute Gasteiger partial charge is 0.342 e. The summed E-state index contributed by atoms with van der Waals surface area (Å²) in [5.74, 6) is -0.0864. The van der Waals surface area contributed by atoms with Gasteiger partial charge >= 0.3 is 0 Å². The Bertz CT molecular complexity index is 1160. The van der Waals surface area contributed by atoms with E-state index in [4.69, 9.17) is 16.9 Å². The number of nitrogens with zero attached hydrogens (tertiary/aromatic N) is 5. The van der Waals surface area contributed by atoms with E-state index < -0.39 is 12.0 Å². The predicted molar refractivity (Wildman–Crippen MR) is 108 cm³/mol. The minimum atomic E-state index is -0.897. The molecule has 2 aromatic heterocycles. The van der Waals surface area contributed by atoms with Gasteiger partial charge in [-0.1, -0.05) is 18.2 Å². The Labute approximate surface area is 171 Å². The highest BCUT2D eigenvalue weighted by molar-refractivity contribution is 6.33. The minimum absolute atomic E-state index is 0.0909. The number of imidazole rings is 1. The number of benzene rings is 1. The zero-order valence-corrected chi connectivity index (χ0v) is 16.5. The second-order valence-electron chi connectivity index (χ2n) is 7.02. The van der Waals surface area contributed by atoms with E-state index in [-0.39, 0.29) is 22.2 Å². The molecule has 0 saturated heterocycles. The van der Waals surface area contributed by atoms with Gasteiger partial charge in [0.05, 0.1) is 34.2 Å². The number of fused-ring (bicyclic) bond motifs is 1. The molecule has 1 N–H and O–H groups in total. The van der Waals surface area contributed by atoms with Crippen molar-refractivity contribution in [2.75, 3.05) is 17.3 Å². The summed E-state index contributed by atoms with van der Waals surface area (Å²) < 4.78 is 29.8. The van der Waals surface area contributed by atoms with E-state index >= 15 is 0 Å². The van der Waals surface area contributed by atoms with Gasteiger partial charge in [0.15, 0.2) is 5.82 Å². The van der Waals surface area contributed by atoms with Crippen LogP contribution in [-0.2, 0) is 7.05 Å². The van der Waals surface area contributed by atoms with Crippen LogP contribution in [0.15, 0.2) is 36.8 Å². The first-order valence-electron chi connectivity index (χ1n) is 8.85. The highest BCUT2D eigenvalue weighted by Crippen LogP contribution is 2.40. The fraction of sp³-hybridized carbons (Fsp3) is 0.250. The van der Waals surface area contributed by atoms with Crippen LogP contribution in [0, 0.1) is 23.1 Å². The Kier molecular flexibility index (Phi) is 4.63. The number of nitrogens with one attached hydrogen (secondary N) is 1. The highest BCUT2D eigenvalue weighted by atomic mass is 35.5. The molecule has 2 heterocycles. The number of nitriles is 1. The van der Waals surface area contributed by atoms with Gasteiger partial charge < -0.3 is 14.8 Å². The van der Waals surface area contributed by atoms with Gasteiger partial charge in [0.2, 0.25) is 0 Å². The molecular weight excluding hydrogens is 398 g/mol. The van der Waals surface area contributed by atoms with E-state index in [2.05, 4.69) is 21.9 Å². The van der Waals surface area contributed by atoms with E-state index in [1.54, 1.807) is 24.0 Å². The molecule has 0 radical (unpaired) electrons. The van der Waals surface area contributed by atoms with Crippen LogP contribution in [0.25, 0.3) is 11.0 Å². The first-order valence-corrected chi connectivity index (χ1v) is 9.22. The summed E-state index contributed by atoms with van der Waals surface area (Å²) in [5, 5.41) is 12.2. The molecule has 9 heteroatoms. The molecule has 1 aliphatic rings. The quantitative estimate of drug-likeness (QED) is 0.656. The summed E-state index contributed by atoms with van der Waals surface area (Å²) in [7, 11) is 3.45. The number of allylic oxidation sites excluding steroid dienone is 1. The zero-order valence-electron chi connectivity index (χ0n) is 15.7. The number of pyridine rings is 1. The molecular formula is C20H17ClF2N6. The van der Waals surface area contributed by atoms with E-state index in [1.165, 1.54) is 11.0 Å². The molecule has 1 fully saturated rings.